The number of cyclic esters (lactones) is 1. The van der Waals surface area contributed by atoms with Crippen LogP contribution >= 0.6 is 0 Å². The Morgan fingerprint density at radius 2 is 1.25 bits per heavy atom. The molecule has 0 aromatic heterocycles. The molecular weight excluding hydrogens is 1000 g/mol. The van der Waals surface area contributed by atoms with Crippen LogP contribution in [-0.4, -0.2) is 218 Å². The van der Waals surface area contributed by atoms with Crippen LogP contribution in [0, 0.1) is 17.8 Å². The molecule has 4 aliphatic rings. The molecule has 432 valence electrons. The molecule has 2 bridgehead atoms. The minimum Gasteiger partial charge on any atom is -0.462 e. The Hall–Kier alpha value is -3.64. The predicted molar refractivity (Wildman–Crippen MR) is 271 cm³/mol. The van der Waals surface area contributed by atoms with E-state index in [2.05, 4.69) is 5.32 Å². The summed E-state index contributed by atoms with van der Waals surface area (Å²) in [6.07, 6.45) is -5.57. The lowest BCUT2D eigenvalue weighted by Gasteiger charge is -2.47. The van der Waals surface area contributed by atoms with Gasteiger partial charge in [0.25, 0.3) is 0 Å². The van der Waals surface area contributed by atoms with E-state index in [1.807, 2.05) is 6.92 Å². The van der Waals surface area contributed by atoms with Crippen LogP contribution in [0.5, 0.6) is 0 Å². The van der Waals surface area contributed by atoms with Gasteiger partial charge < -0.3 is 106 Å². The number of ether oxygens (including phenoxy) is 5. The monoisotopic (exact) mass is 1080 g/mol. The Morgan fingerprint density at radius 3 is 1.86 bits per heavy atom. The van der Waals surface area contributed by atoms with Crippen LogP contribution in [0.4, 0.5) is 0 Å². The third-order valence-corrected chi connectivity index (χ3v) is 14.2. The summed E-state index contributed by atoms with van der Waals surface area (Å²) in [5, 5.41) is 154. The van der Waals surface area contributed by atoms with E-state index in [1.165, 1.54) is 13.0 Å². The maximum atomic E-state index is 14.2. The summed E-state index contributed by atoms with van der Waals surface area (Å²) in [6.45, 7) is 5.88. The fraction of sp³-hybridized carbons (Fsp3) is 0.698. The molecule has 0 saturated carbocycles. The minimum absolute atomic E-state index is 0.154. The summed E-state index contributed by atoms with van der Waals surface area (Å²) in [5.74, 6) is -6.76. The second-order valence-electron chi connectivity index (χ2n) is 20.5. The van der Waals surface area contributed by atoms with Crippen molar-refractivity contribution in [1.29, 1.82) is 0 Å². The Bertz CT molecular complexity index is 1990. The summed E-state index contributed by atoms with van der Waals surface area (Å²) < 4.78 is 28.8. The van der Waals surface area contributed by atoms with E-state index in [9.17, 15) is 81.1 Å². The largest absolute Gasteiger partial charge is 0.462 e. The third-order valence-electron chi connectivity index (χ3n) is 14.2. The van der Waals surface area contributed by atoms with E-state index in [-0.39, 0.29) is 25.2 Å². The third kappa shape index (κ3) is 19.6. The number of allylic oxidation sites excluding steroid dienone is 12. The molecule has 3 fully saturated rings. The molecule has 4 aliphatic heterocycles. The van der Waals surface area contributed by atoms with Gasteiger partial charge in [0, 0.05) is 37.5 Å². The molecule has 0 aliphatic carbocycles. The van der Waals surface area contributed by atoms with Crippen molar-refractivity contribution in [2.75, 3.05) is 6.61 Å². The van der Waals surface area contributed by atoms with Crippen molar-refractivity contribution >= 4 is 11.9 Å². The lowest BCUT2D eigenvalue weighted by Crippen LogP contribution is -2.66. The van der Waals surface area contributed by atoms with Crippen LogP contribution in [0.25, 0.3) is 0 Å². The van der Waals surface area contributed by atoms with Crippen molar-refractivity contribution in [3.63, 3.8) is 0 Å². The molecule has 0 spiro atoms. The second kappa shape index (κ2) is 31.2. The summed E-state index contributed by atoms with van der Waals surface area (Å²) in [5.41, 5.74) is 6.10. The number of hydrogen-bond donors (Lipinski definition) is 16. The van der Waals surface area contributed by atoms with Crippen molar-refractivity contribution in [3.8, 4) is 0 Å². The van der Waals surface area contributed by atoms with E-state index < -0.39 is 191 Å². The smallest absolute Gasteiger partial charge is 0.308 e. The highest BCUT2D eigenvalue weighted by Crippen LogP contribution is 2.39. The van der Waals surface area contributed by atoms with Gasteiger partial charge in [-0.1, -0.05) is 98.9 Å². The number of esters is 1. The molecule has 76 heavy (non-hydrogen) atoms. The van der Waals surface area contributed by atoms with E-state index in [1.54, 1.807) is 92.8 Å². The van der Waals surface area contributed by atoms with Crippen molar-refractivity contribution in [2.45, 2.75) is 207 Å². The number of aliphatic hydroxyl groups excluding tert-OH is 13. The van der Waals surface area contributed by atoms with Gasteiger partial charge in [-0.3, -0.25) is 9.59 Å². The van der Waals surface area contributed by atoms with Gasteiger partial charge in [-0.25, -0.2) is 0 Å². The number of aliphatic hydroxyl groups is 14. The normalized spacial score (nSPS) is 46.7. The number of hydrogen-bond acceptors (Lipinski definition) is 22. The number of fused-ring (bicyclic) bond motifs is 2. The number of rotatable bonds is 5. The first-order chi connectivity index (χ1) is 35.9. The van der Waals surface area contributed by atoms with Gasteiger partial charge in [-0.05, 0) is 33.1 Å². The Labute approximate surface area is 443 Å². The van der Waals surface area contributed by atoms with E-state index >= 15 is 0 Å². The zero-order chi connectivity index (χ0) is 56.4. The van der Waals surface area contributed by atoms with Crippen LogP contribution in [-0.2, 0) is 33.3 Å². The molecule has 0 radical (unpaired) electrons. The van der Waals surface area contributed by atoms with Crippen molar-refractivity contribution in [2.24, 2.45) is 23.5 Å². The maximum Gasteiger partial charge on any atom is 0.308 e. The lowest BCUT2D eigenvalue weighted by molar-refractivity contribution is -0.307. The summed E-state index contributed by atoms with van der Waals surface area (Å²) >= 11 is 0. The summed E-state index contributed by atoms with van der Waals surface area (Å²) in [4.78, 5) is 26.9. The van der Waals surface area contributed by atoms with Crippen LogP contribution in [0.15, 0.2) is 85.1 Å². The van der Waals surface area contributed by atoms with Gasteiger partial charge in [-0.15, -0.1) is 0 Å². The molecule has 4 unspecified atom stereocenters. The van der Waals surface area contributed by atoms with Crippen molar-refractivity contribution in [3.05, 3.63) is 85.1 Å². The fourth-order valence-electron chi connectivity index (χ4n) is 9.50. The fourth-order valence-corrected chi connectivity index (χ4v) is 9.50. The zero-order valence-corrected chi connectivity index (χ0v) is 43.4. The highest BCUT2D eigenvalue weighted by atomic mass is 16.7. The SMILES string of the molecule is C[C@@H]1[C@H](O)[C@@H](C)/C=C/C=C/C=C/C=C/C=C/C=C/C=C/[C@H](OC2O[C@H](C)[C@@H](O)[C@H](N)[C@@H]2O)CC2O[C@](O)(C[C@@H](O)C[C@@H](O)[C@H](O)CC[C@@H](O)C[C@@H](O)CC(=O)O[C@H]1C)C[C@H](O)C2C(=O)N[C@H]1C(O)O[C@H](CO)[C@@H](O)[C@@H]1O. The number of carbonyl (C=O) groups excluding carboxylic acids is 2. The van der Waals surface area contributed by atoms with Gasteiger partial charge in [-0.2, -0.15) is 0 Å². The standard InChI is InChI=1S/C53H84N2O21/c1-28-17-15-13-11-9-7-5-6-8-10-12-14-16-18-35(74-52-48(67)43(54)46(65)31(4)73-52)24-39-42(50(69)55-44-49(68)47(66)40(27-56)75-51(44)70)38(62)26-53(71,76-39)25-34(59)22-37(61)36(60)20-19-32(57)21-33(58)23-41(63)72-30(3)29(2)45(28)64/h5-18,28-40,42-49,51-52,56-62,64-68,70-71H,19-27,54H2,1-4H3,(H,55,69)/b6-5+,9-7+,10-8+,13-11+,14-12+,17-15+,18-16+/t28-,29-,30-,31+,32+,33+,34-,35-,36+,37+,38-,39?,40+,42?,43-,44+,45+,46+,47+,48-,49+,51?,52?,53+/m0/s1. The lowest BCUT2D eigenvalue weighted by atomic mass is 9.81. The molecule has 1 amide bonds. The van der Waals surface area contributed by atoms with Crippen molar-refractivity contribution in [1.82, 2.24) is 5.32 Å². The number of carbonyl (C=O) groups is 2. The maximum absolute atomic E-state index is 14.2. The number of nitrogens with one attached hydrogen (secondary N) is 1. The van der Waals surface area contributed by atoms with Gasteiger partial charge in [0.2, 0.25) is 5.91 Å². The topological polar surface area (TPSA) is 402 Å². The quantitative estimate of drug-likeness (QED) is 0.127. The molecule has 3 saturated heterocycles. The van der Waals surface area contributed by atoms with E-state index in [0.29, 0.717) is 0 Å². The second-order valence-corrected chi connectivity index (χ2v) is 20.5. The van der Waals surface area contributed by atoms with Crippen LogP contribution < -0.4 is 11.1 Å². The Kier molecular flexibility index (Phi) is 26.7. The first-order valence-corrected chi connectivity index (χ1v) is 25.9. The predicted octanol–water partition coefficient (Wildman–Crippen LogP) is -2.46. The minimum atomic E-state index is -2.46. The Morgan fingerprint density at radius 1 is 0.658 bits per heavy atom. The summed E-state index contributed by atoms with van der Waals surface area (Å²) in [6, 6.07) is -2.93. The molecule has 23 heteroatoms. The highest BCUT2D eigenvalue weighted by Gasteiger charge is 2.53. The molecule has 4 heterocycles. The molecule has 23 nitrogen and oxygen atoms in total. The molecule has 0 aromatic carbocycles. The van der Waals surface area contributed by atoms with Gasteiger partial charge >= 0.3 is 5.97 Å². The number of nitrogens with two attached hydrogens (primary N) is 1. The molecule has 4 rings (SSSR count). The molecule has 0 aromatic rings. The van der Waals surface area contributed by atoms with E-state index in [0.717, 1.165) is 0 Å². The van der Waals surface area contributed by atoms with E-state index in [4.69, 9.17) is 29.4 Å². The first-order valence-electron chi connectivity index (χ1n) is 25.9. The van der Waals surface area contributed by atoms with Gasteiger partial charge in [0.05, 0.1) is 92.1 Å². The number of amides is 1. The van der Waals surface area contributed by atoms with Crippen molar-refractivity contribution < 1.29 is 105 Å². The zero-order valence-electron chi connectivity index (χ0n) is 43.4. The molecule has 17 N–H and O–H groups in total. The van der Waals surface area contributed by atoms with Crippen LogP contribution in [0.2, 0.25) is 0 Å². The van der Waals surface area contributed by atoms with Crippen LogP contribution in [0.1, 0.15) is 79.1 Å². The Balaban J connectivity index is 1.65. The summed E-state index contributed by atoms with van der Waals surface area (Å²) in [7, 11) is 0. The van der Waals surface area contributed by atoms with Gasteiger partial charge in [0.1, 0.15) is 36.6 Å². The molecular formula is C53H84N2O21. The van der Waals surface area contributed by atoms with Crippen LogP contribution in [0.3, 0.4) is 0 Å². The molecule has 24 atom stereocenters. The average Bonchev–Trinajstić information content (AvgIpc) is 3.35. The van der Waals surface area contributed by atoms with Gasteiger partial charge in [0.15, 0.2) is 18.4 Å². The first kappa shape index (κ1) is 64.9. The highest BCUT2D eigenvalue weighted by molar-refractivity contribution is 5.80. The average molecular weight is 1090 g/mol.